The van der Waals surface area contributed by atoms with Gasteiger partial charge in [-0.25, -0.2) is 0 Å². The highest BCUT2D eigenvalue weighted by Crippen LogP contribution is 2.32. The van der Waals surface area contributed by atoms with E-state index in [2.05, 4.69) is 21.5 Å². The Labute approximate surface area is 164 Å². The van der Waals surface area contributed by atoms with E-state index in [1.165, 1.54) is 12.1 Å². The number of hydrogen-bond acceptors (Lipinski definition) is 3. The monoisotopic (exact) mass is 410 g/mol. The second kappa shape index (κ2) is 11.5. The number of allylic oxidation sites excluding steroid dienone is 1. The number of unbranched alkanes of at least 4 members (excludes halogenated alkanes) is 2. The van der Waals surface area contributed by atoms with Crippen LogP contribution in [-0.4, -0.2) is 43.6 Å². The van der Waals surface area contributed by atoms with Gasteiger partial charge >= 0.3 is 12.5 Å². The van der Waals surface area contributed by atoms with Crippen LogP contribution in [0, 0.1) is 0 Å². The summed E-state index contributed by atoms with van der Waals surface area (Å²) in [5, 5.41) is 3.29. The molecular formula is C19H27ClF4N2O. The number of nitrogens with one attached hydrogen (secondary N) is 1. The number of hydrogen-bond donors (Lipinski definition) is 1. The first kappa shape index (κ1) is 23.7. The molecule has 0 saturated carbocycles. The lowest BCUT2D eigenvalue weighted by atomic mass is 9.98. The van der Waals surface area contributed by atoms with Crippen LogP contribution in [0.25, 0.3) is 0 Å². The molecule has 1 atom stereocenters. The summed E-state index contributed by atoms with van der Waals surface area (Å²) in [6.07, 6.45) is -2.71. The average Bonchev–Trinajstić information content (AvgIpc) is 2.62. The topological polar surface area (TPSA) is 24.5 Å². The molecule has 0 unspecified atom stereocenters. The number of halogens is 5. The first-order valence-electron chi connectivity index (χ1n) is 8.94. The largest absolute Gasteiger partial charge is 0.461 e. The standard InChI is InChI=1S/C19H26F4N2O.ClH/c1-2-3-4-5-9-17(25-12-10-24-11-13-25)15-7-6-8-16(14-15)26-19(22,23)18(20)21;/h2,6-8,14,17-18,24H,1,3-5,9-13H2;1H/t17-;/m1./s1. The number of alkyl halides is 4. The second-order valence-electron chi connectivity index (χ2n) is 6.41. The highest BCUT2D eigenvalue weighted by molar-refractivity contribution is 5.85. The van der Waals surface area contributed by atoms with Gasteiger partial charge < -0.3 is 10.1 Å². The minimum Gasteiger partial charge on any atom is -0.428 e. The van der Waals surface area contributed by atoms with Crippen molar-refractivity contribution in [2.24, 2.45) is 0 Å². The molecule has 1 saturated heterocycles. The SMILES string of the molecule is C=CCCCC[C@H](c1cccc(OC(F)(F)C(F)F)c1)N1CCNCC1.Cl. The Balaban J connectivity index is 0.00000364. The summed E-state index contributed by atoms with van der Waals surface area (Å²) in [6, 6.07) is 6.20. The molecule has 1 heterocycles. The van der Waals surface area contributed by atoms with Crippen LogP contribution in [-0.2, 0) is 0 Å². The van der Waals surface area contributed by atoms with Gasteiger partial charge in [-0.05, 0) is 37.0 Å². The van der Waals surface area contributed by atoms with Crippen molar-refractivity contribution in [2.75, 3.05) is 26.2 Å². The van der Waals surface area contributed by atoms with E-state index in [4.69, 9.17) is 0 Å². The first-order chi connectivity index (χ1) is 12.4. The van der Waals surface area contributed by atoms with Gasteiger partial charge in [0.25, 0.3) is 0 Å². The maximum absolute atomic E-state index is 13.2. The molecule has 1 aromatic carbocycles. The van der Waals surface area contributed by atoms with Gasteiger partial charge in [-0.15, -0.1) is 19.0 Å². The van der Waals surface area contributed by atoms with Crippen molar-refractivity contribution in [3.05, 3.63) is 42.5 Å². The van der Waals surface area contributed by atoms with Crippen molar-refractivity contribution >= 4 is 12.4 Å². The maximum Gasteiger partial charge on any atom is 0.461 e. The Morgan fingerprint density at radius 1 is 1.22 bits per heavy atom. The third-order valence-corrected chi connectivity index (χ3v) is 4.48. The number of rotatable bonds is 10. The summed E-state index contributed by atoms with van der Waals surface area (Å²) in [5.41, 5.74) is 0.813. The van der Waals surface area contributed by atoms with Gasteiger partial charge in [-0.1, -0.05) is 24.6 Å². The van der Waals surface area contributed by atoms with Gasteiger partial charge in [0.2, 0.25) is 0 Å². The molecule has 154 valence electrons. The fourth-order valence-electron chi connectivity index (χ4n) is 3.17. The zero-order valence-corrected chi connectivity index (χ0v) is 16.0. The number of piperazine rings is 1. The number of benzene rings is 1. The van der Waals surface area contributed by atoms with Crippen molar-refractivity contribution in [1.82, 2.24) is 10.2 Å². The second-order valence-corrected chi connectivity index (χ2v) is 6.41. The van der Waals surface area contributed by atoms with Crippen LogP contribution in [0.1, 0.15) is 37.3 Å². The third kappa shape index (κ3) is 7.31. The number of nitrogens with zero attached hydrogens (tertiary/aromatic N) is 1. The molecule has 0 radical (unpaired) electrons. The minimum absolute atomic E-state index is 0. The van der Waals surface area contributed by atoms with Crippen LogP contribution in [0.15, 0.2) is 36.9 Å². The van der Waals surface area contributed by atoms with E-state index in [9.17, 15) is 17.6 Å². The molecule has 0 aliphatic carbocycles. The van der Waals surface area contributed by atoms with Crippen molar-refractivity contribution in [2.45, 2.75) is 44.3 Å². The van der Waals surface area contributed by atoms with Crippen LogP contribution >= 0.6 is 12.4 Å². The molecule has 1 aliphatic rings. The molecule has 0 spiro atoms. The summed E-state index contributed by atoms with van der Waals surface area (Å²) in [7, 11) is 0. The van der Waals surface area contributed by atoms with Gasteiger partial charge in [0.05, 0.1) is 0 Å². The predicted octanol–water partition coefficient (Wildman–Crippen LogP) is 5.04. The van der Waals surface area contributed by atoms with Crippen molar-refractivity contribution in [3.8, 4) is 5.75 Å². The van der Waals surface area contributed by atoms with Crippen LogP contribution < -0.4 is 10.1 Å². The summed E-state index contributed by atoms with van der Waals surface area (Å²) in [5.74, 6) is -0.237. The lowest BCUT2D eigenvalue weighted by Gasteiger charge is -2.35. The van der Waals surface area contributed by atoms with Gasteiger partial charge in [-0.3, -0.25) is 4.90 Å². The molecule has 1 fully saturated rings. The Bertz CT molecular complexity index is 568. The van der Waals surface area contributed by atoms with Gasteiger partial charge in [0.1, 0.15) is 5.75 Å². The zero-order valence-electron chi connectivity index (χ0n) is 15.2. The highest BCUT2D eigenvalue weighted by Gasteiger charge is 2.44. The van der Waals surface area contributed by atoms with E-state index in [1.807, 2.05) is 12.1 Å². The molecule has 1 N–H and O–H groups in total. The molecule has 0 aromatic heterocycles. The molecule has 2 rings (SSSR count). The van der Waals surface area contributed by atoms with Crippen molar-refractivity contribution in [3.63, 3.8) is 0 Å². The van der Waals surface area contributed by atoms with Crippen molar-refractivity contribution < 1.29 is 22.3 Å². The molecule has 0 bridgehead atoms. The molecule has 27 heavy (non-hydrogen) atoms. The normalized spacial score (nSPS) is 16.6. The van der Waals surface area contributed by atoms with Crippen LogP contribution in [0.4, 0.5) is 17.6 Å². The quantitative estimate of drug-likeness (QED) is 0.332. The maximum atomic E-state index is 13.2. The Kier molecular flexibility index (Phi) is 10.1. The van der Waals surface area contributed by atoms with E-state index in [0.717, 1.165) is 57.4 Å². The molecule has 8 heteroatoms. The summed E-state index contributed by atoms with van der Waals surface area (Å²) in [4.78, 5) is 2.30. The molecular weight excluding hydrogens is 384 g/mol. The summed E-state index contributed by atoms with van der Waals surface area (Å²) in [6.45, 7) is 7.15. The molecule has 1 aromatic rings. The van der Waals surface area contributed by atoms with E-state index in [1.54, 1.807) is 6.07 Å². The van der Waals surface area contributed by atoms with E-state index in [-0.39, 0.29) is 24.2 Å². The van der Waals surface area contributed by atoms with E-state index >= 15 is 0 Å². The summed E-state index contributed by atoms with van der Waals surface area (Å²) >= 11 is 0. The van der Waals surface area contributed by atoms with Crippen molar-refractivity contribution in [1.29, 1.82) is 0 Å². The Hall–Kier alpha value is -1.31. The van der Waals surface area contributed by atoms with Crippen LogP contribution in [0.2, 0.25) is 0 Å². The smallest absolute Gasteiger partial charge is 0.428 e. The summed E-state index contributed by atoms with van der Waals surface area (Å²) < 4.78 is 55.4. The number of ether oxygens (including phenoxy) is 1. The Morgan fingerprint density at radius 2 is 1.93 bits per heavy atom. The van der Waals surface area contributed by atoms with Crippen LogP contribution in [0.3, 0.4) is 0 Å². The lowest BCUT2D eigenvalue weighted by molar-refractivity contribution is -0.253. The lowest BCUT2D eigenvalue weighted by Crippen LogP contribution is -2.45. The fourth-order valence-corrected chi connectivity index (χ4v) is 3.17. The van der Waals surface area contributed by atoms with E-state index in [0.29, 0.717) is 0 Å². The first-order valence-corrected chi connectivity index (χ1v) is 8.94. The molecule has 3 nitrogen and oxygen atoms in total. The molecule has 1 aliphatic heterocycles. The third-order valence-electron chi connectivity index (χ3n) is 4.48. The highest BCUT2D eigenvalue weighted by atomic mass is 35.5. The fraction of sp³-hybridized carbons (Fsp3) is 0.579. The van der Waals surface area contributed by atoms with Gasteiger partial charge in [0.15, 0.2) is 0 Å². The minimum atomic E-state index is -4.49. The average molecular weight is 411 g/mol. The van der Waals surface area contributed by atoms with E-state index < -0.39 is 12.5 Å². The zero-order chi connectivity index (χ0) is 19.0. The van der Waals surface area contributed by atoms with Gasteiger partial charge in [0, 0.05) is 32.2 Å². The Morgan fingerprint density at radius 3 is 2.56 bits per heavy atom. The van der Waals surface area contributed by atoms with Gasteiger partial charge in [-0.2, -0.15) is 17.6 Å². The molecule has 0 amide bonds. The predicted molar refractivity (Wildman–Crippen MR) is 101 cm³/mol. The van der Waals surface area contributed by atoms with Crippen LogP contribution in [0.5, 0.6) is 5.75 Å².